The third-order valence-corrected chi connectivity index (χ3v) is 9.24. The minimum atomic E-state index is 0. The number of hydrogen-bond donors (Lipinski definition) is 0. The molecule has 9 rings (SSSR count). The van der Waals surface area contributed by atoms with Crippen LogP contribution in [0.4, 0.5) is 0 Å². The molecule has 0 saturated heterocycles. The van der Waals surface area contributed by atoms with Crippen LogP contribution < -0.4 is 0 Å². The number of benzene rings is 5. The van der Waals surface area contributed by atoms with Crippen LogP contribution in [0.2, 0.25) is 0 Å². The van der Waals surface area contributed by atoms with E-state index in [2.05, 4.69) is 120 Å². The maximum atomic E-state index is 6.35. The zero-order valence-electron chi connectivity index (χ0n) is 29.3. The molecule has 5 aromatic carbocycles. The van der Waals surface area contributed by atoms with Crippen LogP contribution in [0.1, 0.15) is 29.8 Å². The minimum Gasteiger partial charge on any atom is -0.499 e. The smallest absolute Gasteiger partial charge is 0.143 e. The molecule has 0 fully saturated rings. The Hall–Kier alpha value is -6.00. The molecule has 0 saturated carbocycles. The van der Waals surface area contributed by atoms with Gasteiger partial charge in [0.2, 0.25) is 0 Å². The van der Waals surface area contributed by atoms with E-state index in [1.165, 1.54) is 22.3 Å². The fourth-order valence-corrected chi connectivity index (χ4v) is 6.55. The van der Waals surface area contributed by atoms with Crippen molar-refractivity contribution in [1.29, 1.82) is 0 Å². The number of fused-ring (bicyclic) bond motifs is 3. The molecule has 0 aliphatic rings. The molecule has 1 unspecified atom stereocenters. The van der Waals surface area contributed by atoms with Gasteiger partial charge in [0.1, 0.15) is 5.58 Å². The first kappa shape index (κ1) is 35.4. The molecule has 4 nitrogen and oxygen atoms in total. The molecular formula is C48H35IrN3O-2. The van der Waals surface area contributed by atoms with Gasteiger partial charge in [0, 0.05) is 49.5 Å². The van der Waals surface area contributed by atoms with Crippen LogP contribution in [-0.4, -0.2) is 15.0 Å². The maximum absolute atomic E-state index is 6.35. The molecule has 53 heavy (non-hydrogen) atoms. The number of pyridine rings is 3. The Bertz CT molecular complexity index is 2530. The van der Waals surface area contributed by atoms with Gasteiger partial charge in [-0.1, -0.05) is 122 Å². The predicted octanol–water partition coefficient (Wildman–Crippen LogP) is 12.2. The SMILES string of the molecule is Cc1cc2c(oc3c[c-]c(-c4cc(-c5ccccc5)ccn4)cc32)c(C(C)c2ccccc2)n1.[Ir].[c-]1ccc(-c2ccccc2)cc1-c1ccccn1. The molecule has 0 N–H and O–H groups in total. The first-order valence-electron chi connectivity index (χ1n) is 17.4. The second kappa shape index (κ2) is 16.1. The molecule has 4 heterocycles. The molecule has 0 aliphatic carbocycles. The van der Waals surface area contributed by atoms with Crippen molar-refractivity contribution in [1.82, 2.24) is 15.0 Å². The molecular weight excluding hydrogens is 827 g/mol. The number of aromatic nitrogens is 3. The molecule has 1 radical (unpaired) electrons. The van der Waals surface area contributed by atoms with Gasteiger partial charge >= 0.3 is 0 Å². The van der Waals surface area contributed by atoms with Crippen molar-refractivity contribution in [2.45, 2.75) is 19.8 Å². The largest absolute Gasteiger partial charge is 0.499 e. The molecule has 1 atom stereocenters. The Morgan fingerprint density at radius 3 is 1.91 bits per heavy atom. The van der Waals surface area contributed by atoms with Crippen molar-refractivity contribution in [3.05, 3.63) is 199 Å². The average molecular weight is 862 g/mol. The van der Waals surface area contributed by atoms with E-state index in [0.717, 1.165) is 61.4 Å². The van der Waals surface area contributed by atoms with E-state index in [0.29, 0.717) is 0 Å². The van der Waals surface area contributed by atoms with Gasteiger partial charge in [0.15, 0.2) is 0 Å². The maximum Gasteiger partial charge on any atom is 0.143 e. The van der Waals surface area contributed by atoms with Crippen LogP contribution in [0, 0.1) is 19.1 Å². The van der Waals surface area contributed by atoms with Crippen LogP contribution in [0.15, 0.2) is 175 Å². The second-order valence-electron chi connectivity index (χ2n) is 12.8. The second-order valence-corrected chi connectivity index (χ2v) is 12.8. The van der Waals surface area contributed by atoms with Crippen LogP contribution >= 0.6 is 0 Å². The number of rotatable bonds is 6. The summed E-state index contributed by atoms with van der Waals surface area (Å²) >= 11 is 0. The first-order valence-corrected chi connectivity index (χ1v) is 17.4. The monoisotopic (exact) mass is 862 g/mol. The fourth-order valence-electron chi connectivity index (χ4n) is 6.55. The van der Waals surface area contributed by atoms with Crippen LogP contribution in [0.25, 0.3) is 66.7 Å². The van der Waals surface area contributed by atoms with Gasteiger partial charge in [-0.2, -0.15) is 0 Å². The third kappa shape index (κ3) is 7.78. The summed E-state index contributed by atoms with van der Waals surface area (Å²) in [6, 6.07) is 60.1. The zero-order valence-corrected chi connectivity index (χ0v) is 31.7. The van der Waals surface area contributed by atoms with Crippen molar-refractivity contribution < 1.29 is 24.5 Å². The molecule has 259 valence electrons. The van der Waals surface area contributed by atoms with E-state index in [9.17, 15) is 0 Å². The summed E-state index contributed by atoms with van der Waals surface area (Å²) in [7, 11) is 0. The summed E-state index contributed by atoms with van der Waals surface area (Å²) in [5, 5.41) is 2.14. The Morgan fingerprint density at radius 2 is 1.21 bits per heavy atom. The molecule has 0 amide bonds. The van der Waals surface area contributed by atoms with E-state index < -0.39 is 0 Å². The zero-order chi connectivity index (χ0) is 35.3. The molecule has 0 spiro atoms. The van der Waals surface area contributed by atoms with E-state index in [4.69, 9.17) is 9.40 Å². The molecule has 0 bridgehead atoms. The first-order chi connectivity index (χ1) is 25.6. The van der Waals surface area contributed by atoms with Crippen molar-refractivity contribution in [3.63, 3.8) is 0 Å². The number of aryl methyl sites for hydroxylation is 1. The van der Waals surface area contributed by atoms with Gasteiger partial charge in [-0.25, -0.2) is 0 Å². The normalized spacial score (nSPS) is 11.4. The molecule has 5 heteroatoms. The van der Waals surface area contributed by atoms with Crippen molar-refractivity contribution in [3.8, 4) is 44.8 Å². The van der Waals surface area contributed by atoms with Crippen molar-refractivity contribution in [2.24, 2.45) is 0 Å². The van der Waals surface area contributed by atoms with Gasteiger partial charge in [-0.15, -0.1) is 59.2 Å². The number of hydrogen-bond acceptors (Lipinski definition) is 4. The van der Waals surface area contributed by atoms with Gasteiger partial charge in [0.05, 0.1) is 11.3 Å². The average Bonchev–Trinajstić information content (AvgIpc) is 3.59. The Kier molecular flexibility index (Phi) is 10.8. The Labute approximate surface area is 323 Å². The summed E-state index contributed by atoms with van der Waals surface area (Å²) in [4.78, 5) is 13.9. The molecule has 9 aromatic rings. The molecule has 4 aromatic heterocycles. The summed E-state index contributed by atoms with van der Waals surface area (Å²) < 4.78 is 6.35. The summed E-state index contributed by atoms with van der Waals surface area (Å²) in [5.41, 5.74) is 13.3. The van der Waals surface area contributed by atoms with E-state index >= 15 is 0 Å². The number of nitrogens with zero attached hydrogens (tertiary/aromatic N) is 3. The van der Waals surface area contributed by atoms with Crippen LogP contribution in [0.3, 0.4) is 0 Å². The van der Waals surface area contributed by atoms with Gasteiger partial charge in [-0.3, -0.25) is 4.98 Å². The van der Waals surface area contributed by atoms with Gasteiger partial charge < -0.3 is 14.4 Å². The predicted molar refractivity (Wildman–Crippen MR) is 212 cm³/mol. The quantitative estimate of drug-likeness (QED) is 0.156. The minimum absolute atomic E-state index is 0. The molecule has 0 aliphatic heterocycles. The summed E-state index contributed by atoms with van der Waals surface area (Å²) in [6.07, 6.45) is 3.66. The Morgan fingerprint density at radius 1 is 0.566 bits per heavy atom. The van der Waals surface area contributed by atoms with Crippen molar-refractivity contribution in [2.75, 3.05) is 0 Å². The van der Waals surface area contributed by atoms with Crippen LogP contribution in [-0.2, 0) is 20.1 Å². The summed E-state index contributed by atoms with van der Waals surface area (Å²) in [6.45, 7) is 4.22. The number of furan rings is 1. The van der Waals surface area contributed by atoms with Crippen LogP contribution in [0.5, 0.6) is 0 Å². The summed E-state index contributed by atoms with van der Waals surface area (Å²) in [5.74, 6) is 0.122. The van der Waals surface area contributed by atoms with Gasteiger partial charge in [-0.05, 0) is 58.8 Å². The van der Waals surface area contributed by atoms with Crippen molar-refractivity contribution >= 4 is 21.9 Å². The standard InChI is InChI=1S/C31H23N2O.C17H12N.Ir/c1-20-17-27-26-18-25(28-19-24(15-16-32-28)23-11-7-4-8-12-23)13-14-29(26)34-31(27)30(33-20)21(2)22-9-5-3-6-10-22;1-2-7-14(8-3-1)15-9-6-10-16(13-15)17-11-4-5-12-18-17;/h3-12,14-19,21H,1-2H3;1-9,11-13H;/q2*-1;. The third-order valence-electron chi connectivity index (χ3n) is 9.24. The topological polar surface area (TPSA) is 51.8 Å². The van der Waals surface area contributed by atoms with E-state index in [-0.39, 0.29) is 26.0 Å². The van der Waals surface area contributed by atoms with E-state index in [1.54, 1.807) is 6.20 Å². The Balaban J connectivity index is 0.000000194. The van der Waals surface area contributed by atoms with Gasteiger partial charge in [0.25, 0.3) is 0 Å². The fraction of sp³-hybridized carbons (Fsp3) is 0.0625. The van der Waals surface area contributed by atoms with E-state index in [1.807, 2.05) is 79.9 Å².